The molecular formula is C10H18F3N5O. The molecule has 0 aliphatic carbocycles. The second-order valence-corrected chi connectivity index (χ2v) is 4.40. The maximum absolute atomic E-state index is 12.0. The number of carbonyl (C=O) groups excluding carboxylic acids is 1. The van der Waals surface area contributed by atoms with Gasteiger partial charge in [-0.15, -0.1) is 0 Å². The summed E-state index contributed by atoms with van der Waals surface area (Å²) in [6.45, 7) is 2.06. The Balaban J connectivity index is 4.19. The number of hydrogen-bond donors (Lipinski definition) is 2. The third-order valence-electron chi connectivity index (χ3n) is 2.69. The fraction of sp³-hybridized carbons (Fsp3) is 0.900. The number of amides is 1. The van der Waals surface area contributed by atoms with Crippen molar-refractivity contribution in [3.8, 4) is 0 Å². The van der Waals surface area contributed by atoms with Crippen LogP contribution >= 0.6 is 0 Å². The van der Waals surface area contributed by atoms with Gasteiger partial charge in [-0.05, 0) is 38.3 Å². The van der Waals surface area contributed by atoms with Crippen molar-refractivity contribution in [2.45, 2.75) is 44.3 Å². The molecule has 0 bridgehead atoms. The minimum absolute atomic E-state index is 0.00333. The molecule has 0 fully saturated rings. The van der Waals surface area contributed by atoms with Crippen LogP contribution in [0.5, 0.6) is 0 Å². The molecule has 0 spiro atoms. The van der Waals surface area contributed by atoms with Gasteiger partial charge in [0.2, 0.25) is 5.91 Å². The van der Waals surface area contributed by atoms with Gasteiger partial charge in [0.15, 0.2) is 0 Å². The molecule has 0 aliphatic rings. The average molecular weight is 281 g/mol. The van der Waals surface area contributed by atoms with E-state index in [-0.39, 0.29) is 19.4 Å². The lowest BCUT2D eigenvalue weighted by molar-refractivity contribution is -0.138. The summed E-state index contributed by atoms with van der Waals surface area (Å²) >= 11 is 0. The van der Waals surface area contributed by atoms with Crippen LogP contribution in [0, 0.1) is 0 Å². The van der Waals surface area contributed by atoms with Crippen molar-refractivity contribution in [3.63, 3.8) is 0 Å². The van der Waals surface area contributed by atoms with E-state index in [1.54, 1.807) is 0 Å². The number of alkyl halides is 3. The first kappa shape index (κ1) is 17.5. The molecule has 0 heterocycles. The number of nitrogens with zero attached hydrogens (tertiary/aromatic N) is 3. The number of hydrogen-bond acceptors (Lipinski definition) is 3. The number of azide groups is 1. The molecule has 0 aromatic carbocycles. The standard InChI is InChI=1S/C10H18F3N5O/c1-9(8(14)19,4-2-5-10(11,12)13)16-6-3-7-17-18-15/h16H,2-7H2,1H3,(H2,14,19). The minimum Gasteiger partial charge on any atom is -0.368 e. The molecule has 1 amide bonds. The van der Waals surface area contributed by atoms with Crippen molar-refractivity contribution in [2.75, 3.05) is 13.1 Å². The molecule has 3 N–H and O–H groups in total. The van der Waals surface area contributed by atoms with E-state index in [1.165, 1.54) is 6.92 Å². The predicted octanol–water partition coefficient (Wildman–Crippen LogP) is 2.25. The van der Waals surface area contributed by atoms with E-state index in [4.69, 9.17) is 11.3 Å². The van der Waals surface area contributed by atoms with Crippen LogP contribution in [0.25, 0.3) is 10.4 Å². The van der Waals surface area contributed by atoms with Crippen LogP contribution < -0.4 is 11.1 Å². The second-order valence-electron chi connectivity index (χ2n) is 4.40. The van der Waals surface area contributed by atoms with Crippen LogP contribution in [0.1, 0.15) is 32.6 Å². The molecule has 0 aliphatic heterocycles. The van der Waals surface area contributed by atoms with Crippen LogP contribution in [0.4, 0.5) is 13.2 Å². The Morgan fingerprint density at radius 1 is 1.37 bits per heavy atom. The highest BCUT2D eigenvalue weighted by molar-refractivity contribution is 5.84. The van der Waals surface area contributed by atoms with Gasteiger partial charge < -0.3 is 11.1 Å². The summed E-state index contributed by atoms with van der Waals surface area (Å²) in [6.07, 6.45) is -4.88. The fourth-order valence-corrected chi connectivity index (χ4v) is 1.50. The molecule has 19 heavy (non-hydrogen) atoms. The van der Waals surface area contributed by atoms with Gasteiger partial charge in [0.05, 0.1) is 5.54 Å². The fourth-order valence-electron chi connectivity index (χ4n) is 1.50. The lowest BCUT2D eigenvalue weighted by atomic mass is 9.93. The maximum atomic E-state index is 12.0. The summed E-state index contributed by atoms with van der Waals surface area (Å²) in [4.78, 5) is 13.9. The smallest absolute Gasteiger partial charge is 0.368 e. The Morgan fingerprint density at radius 2 is 2.00 bits per heavy atom. The van der Waals surface area contributed by atoms with E-state index in [0.717, 1.165) is 0 Å². The Kier molecular flexibility index (Phi) is 7.25. The zero-order chi connectivity index (χ0) is 14.9. The highest BCUT2D eigenvalue weighted by Crippen LogP contribution is 2.24. The molecule has 6 nitrogen and oxygen atoms in total. The van der Waals surface area contributed by atoms with Crippen molar-refractivity contribution in [1.29, 1.82) is 0 Å². The summed E-state index contributed by atoms with van der Waals surface area (Å²) in [6, 6.07) is 0. The molecule has 1 atom stereocenters. The largest absolute Gasteiger partial charge is 0.389 e. The Bertz CT molecular complexity index is 341. The van der Waals surface area contributed by atoms with E-state index < -0.39 is 24.0 Å². The predicted molar refractivity (Wildman–Crippen MR) is 64.1 cm³/mol. The number of halogens is 3. The highest BCUT2D eigenvalue weighted by atomic mass is 19.4. The molecule has 0 aromatic heterocycles. The van der Waals surface area contributed by atoms with Gasteiger partial charge in [-0.1, -0.05) is 5.11 Å². The first-order valence-corrected chi connectivity index (χ1v) is 5.84. The first-order valence-electron chi connectivity index (χ1n) is 5.84. The quantitative estimate of drug-likeness (QED) is 0.293. The van der Waals surface area contributed by atoms with Crippen LogP contribution in [-0.4, -0.2) is 30.7 Å². The summed E-state index contributed by atoms with van der Waals surface area (Å²) in [5.41, 5.74) is 12.1. The topological polar surface area (TPSA) is 104 Å². The van der Waals surface area contributed by atoms with Gasteiger partial charge in [-0.25, -0.2) is 0 Å². The van der Waals surface area contributed by atoms with Crippen molar-refractivity contribution >= 4 is 5.91 Å². The number of primary amides is 1. The molecule has 0 rings (SSSR count). The Labute approximate surface area is 109 Å². The third kappa shape index (κ3) is 8.28. The van der Waals surface area contributed by atoms with E-state index in [2.05, 4.69) is 15.3 Å². The van der Waals surface area contributed by atoms with Crippen molar-refractivity contribution < 1.29 is 18.0 Å². The van der Waals surface area contributed by atoms with Crippen LogP contribution in [0.15, 0.2) is 5.11 Å². The Morgan fingerprint density at radius 3 is 2.47 bits per heavy atom. The molecule has 1 unspecified atom stereocenters. The highest BCUT2D eigenvalue weighted by Gasteiger charge is 2.33. The van der Waals surface area contributed by atoms with Crippen LogP contribution in [-0.2, 0) is 4.79 Å². The maximum Gasteiger partial charge on any atom is 0.389 e. The monoisotopic (exact) mass is 281 g/mol. The first-order chi connectivity index (χ1) is 8.71. The number of rotatable bonds is 9. The molecule has 0 radical (unpaired) electrons. The summed E-state index contributed by atoms with van der Waals surface area (Å²) in [5.74, 6) is -0.696. The van der Waals surface area contributed by atoms with Crippen molar-refractivity contribution in [2.24, 2.45) is 10.8 Å². The summed E-state index contributed by atoms with van der Waals surface area (Å²) in [5, 5.41) is 6.12. The molecular weight excluding hydrogens is 263 g/mol. The zero-order valence-corrected chi connectivity index (χ0v) is 10.7. The summed E-state index contributed by atoms with van der Waals surface area (Å²) in [7, 11) is 0. The molecule has 0 saturated heterocycles. The van der Waals surface area contributed by atoms with Gasteiger partial charge >= 0.3 is 6.18 Å². The van der Waals surface area contributed by atoms with Gasteiger partial charge in [0, 0.05) is 17.9 Å². The molecule has 0 saturated carbocycles. The van der Waals surface area contributed by atoms with Crippen molar-refractivity contribution in [3.05, 3.63) is 10.4 Å². The number of nitrogens with one attached hydrogen (secondary N) is 1. The van der Waals surface area contributed by atoms with E-state index in [0.29, 0.717) is 13.0 Å². The lowest BCUT2D eigenvalue weighted by Gasteiger charge is -2.27. The van der Waals surface area contributed by atoms with Crippen LogP contribution in [0.3, 0.4) is 0 Å². The molecule has 0 aromatic rings. The van der Waals surface area contributed by atoms with E-state index in [1.807, 2.05) is 0 Å². The van der Waals surface area contributed by atoms with E-state index >= 15 is 0 Å². The van der Waals surface area contributed by atoms with Crippen molar-refractivity contribution in [1.82, 2.24) is 5.32 Å². The third-order valence-corrected chi connectivity index (χ3v) is 2.69. The molecule has 9 heteroatoms. The van der Waals surface area contributed by atoms with Gasteiger partial charge in [0.1, 0.15) is 0 Å². The minimum atomic E-state index is -4.24. The number of carbonyl (C=O) groups is 1. The van der Waals surface area contributed by atoms with Gasteiger partial charge in [0.25, 0.3) is 0 Å². The summed E-state index contributed by atoms with van der Waals surface area (Å²) < 4.78 is 36.1. The van der Waals surface area contributed by atoms with Gasteiger partial charge in [-0.2, -0.15) is 13.2 Å². The zero-order valence-electron chi connectivity index (χ0n) is 10.7. The Hall–Kier alpha value is -1.47. The second kappa shape index (κ2) is 7.85. The van der Waals surface area contributed by atoms with E-state index in [9.17, 15) is 18.0 Å². The average Bonchev–Trinajstić information content (AvgIpc) is 2.26. The lowest BCUT2D eigenvalue weighted by Crippen LogP contribution is -2.53. The normalized spacial score (nSPS) is 14.5. The number of nitrogens with two attached hydrogens (primary N) is 1. The van der Waals surface area contributed by atoms with Gasteiger partial charge in [-0.3, -0.25) is 4.79 Å². The van der Waals surface area contributed by atoms with Crippen LogP contribution in [0.2, 0.25) is 0 Å². The SMILES string of the molecule is CC(CCCC(F)(F)F)(NCCCN=[N+]=[N-])C(N)=O. The molecule has 110 valence electrons.